The second-order valence-electron chi connectivity index (χ2n) is 43.3. The van der Waals surface area contributed by atoms with Gasteiger partial charge in [-0.15, -0.1) is 0 Å². The van der Waals surface area contributed by atoms with Crippen LogP contribution in [0.15, 0.2) is 0 Å². The Labute approximate surface area is 723 Å². The zero-order valence-corrected chi connectivity index (χ0v) is 80.7. The summed E-state index contributed by atoms with van der Waals surface area (Å²) in [6.45, 7) is 72.1. The van der Waals surface area contributed by atoms with Crippen LogP contribution in [0.2, 0.25) is 0 Å². The number of ether oxygens (including phenoxy) is 8. The van der Waals surface area contributed by atoms with E-state index in [1.54, 1.807) is 19.6 Å². The molecule has 0 bridgehead atoms. The highest BCUT2D eigenvalue weighted by molar-refractivity contribution is 5.79. The van der Waals surface area contributed by atoms with Crippen LogP contribution >= 0.6 is 0 Å². The maximum absolute atomic E-state index is 12.0. The normalized spacial score (nSPS) is 19.4. The summed E-state index contributed by atoms with van der Waals surface area (Å²) < 4.78 is 42.0. The molecule has 26 nitrogen and oxygen atoms in total. The van der Waals surface area contributed by atoms with Crippen molar-refractivity contribution in [1.82, 2.24) is 44.1 Å². The van der Waals surface area contributed by atoms with Gasteiger partial charge in [-0.25, -0.2) is 24.0 Å². The van der Waals surface area contributed by atoms with Crippen LogP contribution in [-0.2, 0) is 57.1 Å². The molecule has 0 aromatic heterocycles. The Hall–Kier alpha value is -5.89. The number of likely N-dealkylation sites (tertiary alicyclic amines) is 6. The lowest BCUT2D eigenvalue weighted by Gasteiger charge is -2.59. The van der Waals surface area contributed by atoms with Crippen LogP contribution in [0, 0.1) is 21.7 Å². The third-order valence-corrected chi connectivity index (χ3v) is 20.0. The fourth-order valence-corrected chi connectivity index (χ4v) is 13.9. The quantitative estimate of drug-likeness (QED) is 0.237. The molecule has 0 N–H and O–H groups in total. The minimum atomic E-state index is -0.412. The maximum Gasteiger partial charge on any atom is 0.410 e. The van der Waals surface area contributed by atoms with E-state index in [0.29, 0.717) is 95.0 Å². The number of hydrogen-bond acceptors (Lipinski definition) is 17. The highest BCUT2D eigenvalue weighted by atomic mass is 16.6. The van der Waals surface area contributed by atoms with E-state index in [-0.39, 0.29) is 74.8 Å². The molecule has 10 fully saturated rings. The van der Waals surface area contributed by atoms with Crippen LogP contribution in [0.1, 0.15) is 341 Å². The fraction of sp³-hybridized carbons (Fsp3) is 0.903. The molecular formula is C93H175N9O17. The van der Waals surface area contributed by atoms with E-state index < -0.39 is 11.2 Å². The van der Waals surface area contributed by atoms with Crippen LogP contribution < -0.4 is 0 Å². The van der Waals surface area contributed by atoms with Gasteiger partial charge in [-0.05, 0) is 241 Å². The van der Waals surface area contributed by atoms with Crippen LogP contribution in [0.25, 0.3) is 0 Å². The van der Waals surface area contributed by atoms with Crippen molar-refractivity contribution in [2.45, 2.75) is 375 Å². The van der Waals surface area contributed by atoms with Crippen molar-refractivity contribution < 1.29 is 81.0 Å². The first-order valence-corrected chi connectivity index (χ1v) is 45.6. The van der Waals surface area contributed by atoms with E-state index in [1.165, 1.54) is 77.0 Å². The number of carbonyl (C=O) groups is 9. The maximum atomic E-state index is 12.0. The summed E-state index contributed by atoms with van der Waals surface area (Å²) in [5.41, 5.74) is -1.09. The molecule has 9 amide bonds. The standard InChI is InChI=1S/C12H21NO.2C11H21NO2.C11H21NO.C10H19NO3.C10H19NO2.C10H19NO.C9H17NO3.C9H17NO2/c1-11(2,3)9-10(14)13-8-7-12(13)5-4-6-12;1-11(2,3)9-10(13)12-5-4-7-14-8-6-12;1-11(2,3)14-10(13)12-8-6-4-5-7-9-12;1-11(2,3)9-10(13)12-7-5-4-6-8-12;1-10(2,3)14-9(12)11-5-4-7-13-8-6-11;1-10(2,3)13-9(12)11-7-5-4-6-8-11;1-10(2,3)8-9(12)11-6-4-5-7-11;1-9(2,3)13-8(11)10-4-6-12-7-5-10;1-9(2,3)12-8(11)10-6-4-5-7-10/h3*4-9H2,1-3H3;4-9H2,1-3H3;4-8H2,1-3H3;4-8H2,1-3H3;4-8H2,1-3H3;4-7H2,1-3H3;4-7H2,1-3H3. The Kier molecular flexibility index (Phi) is 47.7. The Morgan fingerprint density at radius 2 is 0.412 bits per heavy atom. The number of carbonyl (C=O) groups excluding carboxylic acids is 9. The molecule has 1 aliphatic carbocycles. The van der Waals surface area contributed by atoms with Gasteiger partial charge in [-0.2, -0.15) is 0 Å². The van der Waals surface area contributed by atoms with Gasteiger partial charge in [0.15, 0.2) is 0 Å². The number of piperidine rings is 2. The van der Waals surface area contributed by atoms with Gasteiger partial charge in [0.25, 0.3) is 0 Å². The topological polar surface area (TPSA) is 257 Å². The Balaban J connectivity index is 0.000000454. The van der Waals surface area contributed by atoms with Gasteiger partial charge in [0.1, 0.15) is 28.0 Å². The minimum Gasteiger partial charge on any atom is -0.444 e. The van der Waals surface area contributed by atoms with Gasteiger partial charge in [-0.3, -0.25) is 19.2 Å². The number of rotatable bonds is 4. The summed E-state index contributed by atoms with van der Waals surface area (Å²) in [6.07, 6.45) is 25.1. The van der Waals surface area contributed by atoms with Crippen molar-refractivity contribution in [3.05, 3.63) is 0 Å². The van der Waals surface area contributed by atoms with Crippen LogP contribution in [0.4, 0.5) is 24.0 Å². The second kappa shape index (κ2) is 52.0. The van der Waals surface area contributed by atoms with Crippen LogP contribution in [0.3, 0.4) is 0 Å². The molecule has 10 rings (SSSR count). The highest BCUT2D eigenvalue weighted by Crippen LogP contribution is 2.48. The Bertz CT molecular complexity index is 2670. The molecule has 10 aliphatic rings. The van der Waals surface area contributed by atoms with Gasteiger partial charge in [0.2, 0.25) is 23.6 Å². The number of amides is 9. The Morgan fingerprint density at radius 3 is 0.647 bits per heavy atom. The van der Waals surface area contributed by atoms with Gasteiger partial charge in [0, 0.05) is 156 Å². The van der Waals surface area contributed by atoms with Gasteiger partial charge >= 0.3 is 30.5 Å². The summed E-state index contributed by atoms with van der Waals surface area (Å²) in [6, 6.07) is 0. The first kappa shape index (κ1) is 109. The second-order valence-corrected chi connectivity index (χ2v) is 43.3. The van der Waals surface area contributed by atoms with Crippen molar-refractivity contribution in [3.8, 4) is 0 Å². The molecule has 1 spiro atoms. The zero-order valence-electron chi connectivity index (χ0n) is 80.7. The molecular weight excluding hydrogens is 1520 g/mol. The smallest absolute Gasteiger partial charge is 0.410 e. The summed E-state index contributed by atoms with van der Waals surface area (Å²) in [5.74, 6) is 1.32. The van der Waals surface area contributed by atoms with E-state index in [4.69, 9.17) is 37.9 Å². The average Bonchev–Trinajstić information content (AvgIpc) is 0.966. The number of nitrogens with zero attached hydrogens (tertiary/aromatic N) is 9. The van der Waals surface area contributed by atoms with Crippen molar-refractivity contribution in [1.29, 1.82) is 0 Å². The molecule has 1 saturated carbocycles. The van der Waals surface area contributed by atoms with Crippen molar-refractivity contribution in [2.75, 3.05) is 151 Å². The molecule has 0 atom stereocenters. The van der Waals surface area contributed by atoms with Crippen LogP contribution in [0.5, 0.6) is 0 Å². The summed E-state index contributed by atoms with van der Waals surface area (Å²) in [7, 11) is 0. The van der Waals surface area contributed by atoms with E-state index in [2.05, 4.69) is 88.0 Å². The largest absolute Gasteiger partial charge is 0.444 e. The highest BCUT2D eigenvalue weighted by Gasteiger charge is 2.51. The van der Waals surface area contributed by atoms with E-state index in [0.717, 1.165) is 156 Å². The van der Waals surface area contributed by atoms with E-state index in [1.807, 2.05) is 123 Å². The minimum absolute atomic E-state index is 0.0875. The summed E-state index contributed by atoms with van der Waals surface area (Å²) in [5, 5.41) is 0. The molecule has 119 heavy (non-hydrogen) atoms. The number of morpholine rings is 1. The number of hydrogen-bond donors (Lipinski definition) is 0. The lowest BCUT2D eigenvalue weighted by atomic mass is 9.67. The van der Waals surface area contributed by atoms with Gasteiger partial charge < -0.3 is 82.0 Å². The zero-order chi connectivity index (χ0) is 90.3. The van der Waals surface area contributed by atoms with Crippen molar-refractivity contribution >= 4 is 54.1 Å². The lowest BCUT2D eigenvalue weighted by Crippen LogP contribution is -2.65. The molecule has 0 radical (unpaired) electrons. The first-order valence-electron chi connectivity index (χ1n) is 45.6. The third-order valence-electron chi connectivity index (χ3n) is 20.0. The molecule has 694 valence electrons. The van der Waals surface area contributed by atoms with Crippen LogP contribution in [-0.4, -0.2) is 283 Å². The van der Waals surface area contributed by atoms with E-state index >= 15 is 0 Å². The summed E-state index contributed by atoms with van der Waals surface area (Å²) >= 11 is 0. The summed E-state index contributed by atoms with van der Waals surface area (Å²) in [4.78, 5) is 122. The lowest BCUT2D eigenvalue weighted by molar-refractivity contribution is -0.157. The Morgan fingerprint density at radius 1 is 0.218 bits per heavy atom. The molecule has 0 unspecified atom stereocenters. The monoisotopic (exact) mass is 1690 g/mol. The molecule has 0 aromatic carbocycles. The van der Waals surface area contributed by atoms with Gasteiger partial charge in [-0.1, -0.05) is 95.9 Å². The third kappa shape index (κ3) is 53.0. The van der Waals surface area contributed by atoms with E-state index in [9.17, 15) is 43.2 Å². The van der Waals surface area contributed by atoms with Crippen molar-refractivity contribution in [2.24, 2.45) is 21.7 Å². The molecule has 9 saturated heterocycles. The fourth-order valence-electron chi connectivity index (χ4n) is 13.9. The molecule has 26 heteroatoms. The van der Waals surface area contributed by atoms with Gasteiger partial charge in [0.05, 0.1) is 26.4 Å². The molecule has 9 heterocycles. The average molecular weight is 1690 g/mol. The first-order chi connectivity index (χ1) is 54.8. The van der Waals surface area contributed by atoms with Crippen molar-refractivity contribution in [3.63, 3.8) is 0 Å². The predicted molar refractivity (Wildman–Crippen MR) is 474 cm³/mol. The molecule has 9 aliphatic heterocycles. The SMILES string of the molecule is CC(C)(C)CC(=O)N1CCC12CCC2.CC(C)(C)CC(=O)N1CCCC1.CC(C)(C)CC(=O)N1CCCCC1.CC(C)(C)CC(=O)N1CCCOCC1.CC(C)(C)OC(=O)N1CCCC1.CC(C)(C)OC(=O)N1CCCCC1.CC(C)(C)OC(=O)N1CCCCCC1.CC(C)(C)OC(=O)N1CCCOCC1.CC(C)(C)OC(=O)N1CCOCC1. The predicted octanol–water partition coefficient (Wildman–Crippen LogP) is 18.8. The molecule has 0 aromatic rings.